The molecule has 6 rings (SSSR count). The first kappa shape index (κ1) is 24.0. The molecule has 4 heterocycles. The maximum Gasteiger partial charge on any atom is 0.296 e. The van der Waals surface area contributed by atoms with Gasteiger partial charge in [0.2, 0.25) is 0 Å². The van der Waals surface area contributed by atoms with Gasteiger partial charge in [-0.2, -0.15) is 4.98 Å². The maximum absolute atomic E-state index is 11.4. The Bertz CT molecular complexity index is 1410. The standard InChI is InChI=1S/C27H24ClN3O6/c28-19-10-20-26(30-23(19)17-8-6-16(7-9-17)15-4-2-1-3-5-15)31-27(29-20)37-22-14-36-24-21(13-35-25(22)24)34-12-18(33)11-32/h1-10,21-22,24-25,32H,11-14H2,(H,29,30,31)/t21-,22-,24-,25-/m1/s1. The van der Waals surface area contributed by atoms with E-state index in [4.69, 9.17) is 35.7 Å². The van der Waals surface area contributed by atoms with Gasteiger partial charge in [0, 0.05) is 5.56 Å². The van der Waals surface area contributed by atoms with Crippen LogP contribution in [0.25, 0.3) is 33.5 Å². The van der Waals surface area contributed by atoms with Gasteiger partial charge >= 0.3 is 0 Å². The molecule has 2 aromatic carbocycles. The molecule has 0 spiro atoms. The first-order valence-corrected chi connectivity index (χ1v) is 12.3. The number of nitrogens with zero attached hydrogens (tertiary/aromatic N) is 2. The van der Waals surface area contributed by atoms with E-state index in [1.807, 2.05) is 42.5 Å². The second-order valence-electron chi connectivity index (χ2n) is 8.97. The Morgan fingerprint density at radius 2 is 1.65 bits per heavy atom. The molecule has 2 aliphatic rings. The predicted octanol–water partition coefficient (Wildman–Crippen LogP) is 3.44. The number of ether oxygens (including phenoxy) is 4. The van der Waals surface area contributed by atoms with Gasteiger partial charge in [-0.1, -0.05) is 66.2 Å². The molecule has 0 amide bonds. The van der Waals surface area contributed by atoms with Crippen molar-refractivity contribution in [2.24, 2.45) is 0 Å². The van der Waals surface area contributed by atoms with Crippen LogP contribution in [0.2, 0.25) is 5.02 Å². The summed E-state index contributed by atoms with van der Waals surface area (Å²) in [6.07, 6.45) is -1.54. The third kappa shape index (κ3) is 4.84. The number of fused-ring (bicyclic) bond motifs is 2. The third-order valence-electron chi connectivity index (χ3n) is 6.53. The molecule has 0 radical (unpaired) electrons. The van der Waals surface area contributed by atoms with Crippen LogP contribution in [-0.4, -0.2) is 76.7 Å². The number of aromatic nitrogens is 3. The minimum absolute atomic E-state index is 0.185. The van der Waals surface area contributed by atoms with E-state index >= 15 is 0 Å². The monoisotopic (exact) mass is 521 g/mol. The van der Waals surface area contributed by atoms with Gasteiger partial charge in [-0.05, 0) is 17.2 Å². The lowest BCUT2D eigenvalue weighted by atomic mass is 10.0. The van der Waals surface area contributed by atoms with Gasteiger partial charge in [-0.3, -0.25) is 4.79 Å². The fourth-order valence-electron chi connectivity index (χ4n) is 4.67. The summed E-state index contributed by atoms with van der Waals surface area (Å²) in [6, 6.07) is 20.3. The van der Waals surface area contributed by atoms with Crippen molar-refractivity contribution in [3.8, 4) is 28.4 Å². The summed E-state index contributed by atoms with van der Waals surface area (Å²) >= 11 is 6.58. The number of rotatable bonds is 8. The largest absolute Gasteiger partial charge is 0.456 e. The molecule has 9 nitrogen and oxygen atoms in total. The molecule has 0 unspecified atom stereocenters. The summed E-state index contributed by atoms with van der Waals surface area (Å²) in [5, 5.41) is 9.38. The lowest BCUT2D eigenvalue weighted by Gasteiger charge is -2.16. The highest BCUT2D eigenvalue weighted by Gasteiger charge is 2.50. The number of ketones is 1. The zero-order valence-electron chi connectivity index (χ0n) is 19.7. The van der Waals surface area contributed by atoms with Crippen molar-refractivity contribution in [3.05, 3.63) is 65.7 Å². The van der Waals surface area contributed by atoms with E-state index in [-0.39, 0.29) is 38.0 Å². The van der Waals surface area contributed by atoms with Gasteiger partial charge in [-0.25, -0.2) is 4.98 Å². The third-order valence-corrected chi connectivity index (χ3v) is 6.82. The van der Waals surface area contributed by atoms with Gasteiger partial charge in [0.05, 0.1) is 29.4 Å². The van der Waals surface area contributed by atoms with Crippen LogP contribution in [0.1, 0.15) is 0 Å². The molecule has 37 heavy (non-hydrogen) atoms. The quantitative estimate of drug-likeness (QED) is 0.362. The highest BCUT2D eigenvalue weighted by molar-refractivity contribution is 6.33. The average molecular weight is 522 g/mol. The SMILES string of the molecule is O=C(CO)CO[C@@H]1CO[C@H]2[C@@H]1OC[C@H]2Oc1nc2nc(-c3ccc(-c4ccccc4)cc3)c(Cl)cc2[nH]1. The van der Waals surface area contributed by atoms with E-state index in [9.17, 15) is 4.79 Å². The number of Topliss-reactive ketones (excluding diaryl/α,β-unsaturated/α-hetero) is 1. The van der Waals surface area contributed by atoms with E-state index in [1.165, 1.54) is 0 Å². The van der Waals surface area contributed by atoms with Crippen LogP contribution < -0.4 is 4.74 Å². The predicted molar refractivity (Wildman–Crippen MR) is 135 cm³/mol. The van der Waals surface area contributed by atoms with Crippen molar-refractivity contribution in [3.63, 3.8) is 0 Å². The number of halogens is 1. The van der Waals surface area contributed by atoms with Crippen molar-refractivity contribution >= 4 is 28.5 Å². The number of aliphatic hydroxyl groups excluding tert-OH is 1. The number of benzene rings is 2. The number of aromatic amines is 1. The van der Waals surface area contributed by atoms with Crippen LogP contribution in [0.4, 0.5) is 0 Å². The molecule has 2 fully saturated rings. The lowest BCUT2D eigenvalue weighted by Crippen LogP contribution is -2.36. The van der Waals surface area contributed by atoms with E-state index in [0.29, 0.717) is 21.9 Å². The Balaban J connectivity index is 1.17. The van der Waals surface area contributed by atoms with E-state index in [0.717, 1.165) is 16.7 Å². The molecule has 2 aliphatic heterocycles. The van der Waals surface area contributed by atoms with Gasteiger partial charge in [-0.15, -0.1) is 0 Å². The zero-order valence-corrected chi connectivity index (χ0v) is 20.4. The molecule has 190 valence electrons. The topological polar surface area (TPSA) is 116 Å². The number of nitrogens with one attached hydrogen (secondary N) is 1. The molecule has 2 saturated heterocycles. The molecule has 2 N–H and O–H groups in total. The highest BCUT2D eigenvalue weighted by Crippen LogP contribution is 2.33. The van der Waals surface area contributed by atoms with Crippen LogP contribution in [0.15, 0.2) is 60.7 Å². The summed E-state index contributed by atoms with van der Waals surface area (Å²) in [6.45, 7) is -0.181. The maximum atomic E-state index is 11.4. The van der Waals surface area contributed by atoms with Crippen LogP contribution in [-0.2, 0) is 19.0 Å². The highest BCUT2D eigenvalue weighted by atomic mass is 35.5. The lowest BCUT2D eigenvalue weighted by molar-refractivity contribution is -0.130. The van der Waals surface area contributed by atoms with Gasteiger partial charge in [0.25, 0.3) is 6.01 Å². The molecule has 0 bridgehead atoms. The summed E-state index contributed by atoms with van der Waals surface area (Å²) in [7, 11) is 0. The molecule has 4 aromatic rings. The summed E-state index contributed by atoms with van der Waals surface area (Å²) in [5.41, 5.74) is 4.89. The number of hydrogen-bond acceptors (Lipinski definition) is 8. The first-order valence-electron chi connectivity index (χ1n) is 11.9. The Morgan fingerprint density at radius 3 is 2.41 bits per heavy atom. The number of carbonyl (C=O) groups is 1. The van der Waals surface area contributed by atoms with Crippen molar-refractivity contribution in [1.82, 2.24) is 15.0 Å². The number of aliphatic hydroxyl groups is 1. The number of carbonyl (C=O) groups excluding carboxylic acids is 1. The smallest absolute Gasteiger partial charge is 0.296 e. The van der Waals surface area contributed by atoms with Crippen LogP contribution in [0, 0.1) is 0 Å². The second-order valence-corrected chi connectivity index (χ2v) is 9.38. The molecule has 10 heteroatoms. The molecular weight excluding hydrogens is 498 g/mol. The zero-order chi connectivity index (χ0) is 25.4. The van der Waals surface area contributed by atoms with Crippen LogP contribution in [0.5, 0.6) is 6.01 Å². The minimum atomic E-state index is -0.556. The van der Waals surface area contributed by atoms with Crippen molar-refractivity contribution in [2.75, 3.05) is 26.4 Å². The second kappa shape index (κ2) is 10.2. The van der Waals surface area contributed by atoms with E-state index < -0.39 is 24.6 Å². The molecule has 0 aliphatic carbocycles. The number of hydrogen-bond donors (Lipinski definition) is 2. The van der Waals surface area contributed by atoms with Crippen LogP contribution >= 0.6 is 11.6 Å². The number of pyridine rings is 1. The summed E-state index contributed by atoms with van der Waals surface area (Å²) in [4.78, 5) is 23.7. The molecular formula is C27H24ClN3O6. The van der Waals surface area contributed by atoms with Crippen molar-refractivity contribution < 1.29 is 28.8 Å². The number of imidazole rings is 1. The fourth-order valence-corrected chi connectivity index (χ4v) is 4.93. The Hall–Kier alpha value is -3.34. The van der Waals surface area contributed by atoms with Crippen LogP contribution in [0.3, 0.4) is 0 Å². The molecule has 4 atom stereocenters. The van der Waals surface area contributed by atoms with E-state index in [1.54, 1.807) is 6.07 Å². The Labute approximate surface area is 217 Å². The molecule has 2 aromatic heterocycles. The summed E-state index contributed by atoms with van der Waals surface area (Å²) in [5.74, 6) is -0.394. The Morgan fingerprint density at radius 1 is 0.973 bits per heavy atom. The van der Waals surface area contributed by atoms with Gasteiger partial charge in [0.1, 0.15) is 31.5 Å². The average Bonchev–Trinajstić information content (AvgIpc) is 3.63. The number of H-pyrrole nitrogens is 1. The van der Waals surface area contributed by atoms with E-state index in [2.05, 4.69) is 27.1 Å². The first-order chi connectivity index (χ1) is 18.1. The van der Waals surface area contributed by atoms with Gasteiger partial charge < -0.3 is 29.0 Å². The Kier molecular flexibility index (Phi) is 6.62. The fraction of sp³-hybridized carbons (Fsp3) is 0.296. The minimum Gasteiger partial charge on any atom is -0.456 e. The van der Waals surface area contributed by atoms with Crippen molar-refractivity contribution in [2.45, 2.75) is 24.4 Å². The normalized spacial score (nSPS) is 22.9. The molecule has 0 saturated carbocycles. The van der Waals surface area contributed by atoms with Gasteiger partial charge in [0.15, 0.2) is 17.5 Å². The summed E-state index contributed by atoms with van der Waals surface area (Å²) < 4.78 is 23.3. The van der Waals surface area contributed by atoms with Crippen molar-refractivity contribution in [1.29, 1.82) is 0 Å².